The highest BCUT2D eigenvalue weighted by Gasteiger charge is 2.14. The van der Waals surface area contributed by atoms with Crippen LogP contribution in [0.5, 0.6) is 0 Å². The number of rotatable bonds is 7. The predicted molar refractivity (Wildman–Crippen MR) is 119 cm³/mol. The summed E-state index contributed by atoms with van der Waals surface area (Å²) in [6.45, 7) is 2.65. The van der Waals surface area contributed by atoms with E-state index in [9.17, 15) is 4.79 Å². The number of amides is 1. The second kappa shape index (κ2) is 9.18. The van der Waals surface area contributed by atoms with Crippen LogP contribution in [0.3, 0.4) is 0 Å². The predicted octanol–water partition coefficient (Wildman–Crippen LogP) is 4.87. The lowest BCUT2D eigenvalue weighted by Gasteiger charge is -2.09. The van der Waals surface area contributed by atoms with E-state index < -0.39 is 0 Å². The van der Waals surface area contributed by atoms with Gasteiger partial charge in [0, 0.05) is 29.9 Å². The second-order valence-electron chi connectivity index (χ2n) is 7.24. The Morgan fingerprint density at radius 1 is 0.967 bits per heavy atom. The first-order valence-electron chi connectivity index (χ1n) is 10.1. The topological polar surface area (TPSA) is 59.8 Å². The number of nitrogens with zero attached hydrogens (tertiary/aromatic N) is 3. The summed E-state index contributed by atoms with van der Waals surface area (Å²) in [5, 5.41) is 7.84. The first kappa shape index (κ1) is 19.6. The number of pyridine rings is 1. The zero-order valence-electron chi connectivity index (χ0n) is 17.0. The first-order valence-corrected chi connectivity index (χ1v) is 10.1. The van der Waals surface area contributed by atoms with Crippen molar-refractivity contribution in [3.63, 3.8) is 0 Å². The Morgan fingerprint density at radius 2 is 1.73 bits per heavy atom. The lowest BCUT2D eigenvalue weighted by atomic mass is 10.1. The maximum Gasteiger partial charge on any atom is 0.225 e. The van der Waals surface area contributed by atoms with Gasteiger partial charge < -0.3 is 5.32 Å². The molecule has 0 saturated heterocycles. The maximum atomic E-state index is 12.6. The standard InChI is InChI=1S/C25H24N4O/c1-19-9-5-6-13-22(19)23-17-24(29(28-23)18-20-10-3-2-4-11-20)27-25(30)15-14-21-12-7-8-16-26-21/h2-13,16-17H,14-15,18H2,1H3,(H,27,30). The molecule has 0 aliphatic heterocycles. The van der Waals surface area contributed by atoms with Gasteiger partial charge in [-0.3, -0.25) is 9.78 Å². The summed E-state index contributed by atoms with van der Waals surface area (Å²) in [6.07, 6.45) is 2.72. The van der Waals surface area contributed by atoms with Gasteiger partial charge in [-0.15, -0.1) is 0 Å². The summed E-state index contributed by atoms with van der Waals surface area (Å²) >= 11 is 0. The van der Waals surface area contributed by atoms with Gasteiger partial charge in [-0.1, -0.05) is 60.7 Å². The Hall–Kier alpha value is -3.73. The first-order chi connectivity index (χ1) is 14.7. The van der Waals surface area contributed by atoms with Gasteiger partial charge in [-0.2, -0.15) is 5.10 Å². The average molecular weight is 396 g/mol. The van der Waals surface area contributed by atoms with Crippen LogP contribution in [0.4, 0.5) is 5.82 Å². The number of anilines is 1. The highest BCUT2D eigenvalue weighted by Crippen LogP contribution is 2.25. The van der Waals surface area contributed by atoms with Crippen LogP contribution in [0.1, 0.15) is 23.2 Å². The Bertz CT molecular complexity index is 1120. The van der Waals surface area contributed by atoms with Crippen molar-refractivity contribution in [3.8, 4) is 11.3 Å². The minimum atomic E-state index is -0.0498. The molecule has 0 radical (unpaired) electrons. The zero-order valence-corrected chi connectivity index (χ0v) is 17.0. The highest BCUT2D eigenvalue weighted by molar-refractivity contribution is 5.90. The molecule has 4 rings (SSSR count). The Labute approximate surface area is 176 Å². The fourth-order valence-corrected chi connectivity index (χ4v) is 3.38. The molecule has 2 heterocycles. The summed E-state index contributed by atoms with van der Waals surface area (Å²) in [5.41, 5.74) is 5.10. The normalized spacial score (nSPS) is 10.7. The quantitative estimate of drug-likeness (QED) is 0.485. The van der Waals surface area contributed by atoms with Gasteiger partial charge in [0.05, 0.1) is 12.2 Å². The van der Waals surface area contributed by atoms with Crippen molar-refractivity contribution in [1.82, 2.24) is 14.8 Å². The molecule has 0 unspecified atom stereocenters. The fraction of sp³-hybridized carbons (Fsp3) is 0.160. The molecular formula is C25H24N4O. The lowest BCUT2D eigenvalue weighted by Crippen LogP contribution is -2.16. The molecule has 1 amide bonds. The third-order valence-electron chi connectivity index (χ3n) is 4.98. The number of carbonyl (C=O) groups excluding carboxylic acids is 1. The van der Waals surface area contributed by atoms with Gasteiger partial charge in [0.1, 0.15) is 5.82 Å². The van der Waals surface area contributed by atoms with Crippen LogP contribution < -0.4 is 5.32 Å². The Morgan fingerprint density at radius 3 is 2.50 bits per heavy atom. The summed E-state index contributed by atoms with van der Waals surface area (Å²) in [6, 6.07) is 25.9. The second-order valence-corrected chi connectivity index (χ2v) is 7.24. The average Bonchev–Trinajstić information content (AvgIpc) is 3.16. The third-order valence-corrected chi connectivity index (χ3v) is 4.98. The van der Waals surface area contributed by atoms with Crippen molar-refractivity contribution < 1.29 is 4.79 Å². The fourth-order valence-electron chi connectivity index (χ4n) is 3.38. The molecular weight excluding hydrogens is 372 g/mol. The van der Waals surface area contributed by atoms with E-state index in [0.717, 1.165) is 28.1 Å². The largest absolute Gasteiger partial charge is 0.311 e. The molecule has 30 heavy (non-hydrogen) atoms. The van der Waals surface area contributed by atoms with Crippen LogP contribution >= 0.6 is 0 Å². The number of hydrogen-bond acceptors (Lipinski definition) is 3. The van der Waals surface area contributed by atoms with Crippen molar-refractivity contribution in [3.05, 3.63) is 102 Å². The zero-order chi connectivity index (χ0) is 20.8. The molecule has 0 bridgehead atoms. The van der Waals surface area contributed by atoms with Gasteiger partial charge in [-0.05, 0) is 36.6 Å². The van der Waals surface area contributed by atoms with Crippen LogP contribution in [0.15, 0.2) is 85.1 Å². The van der Waals surface area contributed by atoms with Crippen molar-refractivity contribution in [2.75, 3.05) is 5.32 Å². The molecule has 4 aromatic rings. The molecule has 5 nitrogen and oxygen atoms in total. The molecule has 2 aromatic carbocycles. The van der Waals surface area contributed by atoms with E-state index in [1.807, 2.05) is 59.3 Å². The Kier molecular flexibility index (Phi) is 5.99. The number of nitrogens with one attached hydrogen (secondary N) is 1. The molecule has 1 N–H and O–H groups in total. The van der Waals surface area contributed by atoms with Crippen molar-refractivity contribution in [2.24, 2.45) is 0 Å². The summed E-state index contributed by atoms with van der Waals surface area (Å²) in [7, 11) is 0. The number of benzene rings is 2. The summed E-state index contributed by atoms with van der Waals surface area (Å²) < 4.78 is 1.86. The molecule has 0 saturated carbocycles. The molecule has 0 spiro atoms. The summed E-state index contributed by atoms with van der Waals surface area (Å²) in [4.78, 5) is 16.9. The van der Waals surface area contributed by atoms with Crippen LogP contribution in [0, 0.1) is 6.92 Å². The molecule has 5 heteroatoms. The molecule has 0 aliphatic carbocycles. The molecule has 0 fully saturated rings. The van der Waals surface area contributed by atoms with Gasteiger partial charge in [0.25, 0.3) is 0 Å². The van der Waals surface area contributed by atoms with Crippen LogP contribution in [-0.4, -0.2) is 20.7 Å². The number of aryl methyl sites for hydroxylation is 2. The van der Waals surface area contributed by atoms with Crippen LogP contribution in [0.2, 0.25) is 0 Å². The molecule has 0 aliphatic rings. The van der Waals surface area contributed by atoms with Gasteiger partial charge in [0.2, 0.25) is 5.91 Å². The monoisotopic (exact) mass is 396 g/mol. The van der Waals surface area contributed by atoms with Gasteiger partial charge >= 0.3 is 0 Å². The molecule has 0 atom stereocenters. The van der Waals surface area contributed by atoms with E-state index >= 15 is 0 Å². The number of aromatic nitrogens is 3. The van der Waals surface area contributed by atoms with Crippen LogP contribution in [0.25, 0.3) is 11.3 Å². The number of carbonyl (C=O) groups is 1. The minimum absolute atomic E-state index is 0.0498. The Balaban J connectivity index is 1.56. The van der Waals surface area contributed by atoms with Crippen molar-refractivity contribution in [1.29, 1.82) is 0 Å². The molecule has 2 aromatic heterocycles. The molecule has 150 valence electrons. The maximum absolute atomic E-state index is 12.6. The van der Waals surface area contributed by atoms with E-state index in [1.165, 1.54) is 0 Å². The van der Waals surface area contributed by atoms with E-state index in [0.29, 0.717) is 25.2 Å². The van der Waals surface area contributed by atoms with Crippen LogP contribution in [-0.2, 0) is 17.8 Å². The van der Waals surface area contributed by atoms with Gasteiger partial charge in [-0.25, -0.2) is 4.68 Å². The van der Waals surface area contributed by atoms with E-state index in [1.54, 1.807) is 6.20 Å². The van der Waals surface area contributed by atoms with E-state index in [2.05, 4.69) is 41.5 Å². The summed E-state index contributed by atoms with van der Waals surface area (Å²) in [5.74, 6) is 0.648. The SMILES string of the molecule is Cc1ccccc1-c1cc(NC(=O)CCc2ccccn2)n(Cc2ccccc2)n1. The number of hydrogen-bond donors (Lipinski definition) is 1. The van der Waals surface area contributed by atoms with E-state index in [4.69, 9.17) is 5.10 Å². The minimum Gasteiger partial charge on any atom is -0.311 e. The van der Waals surface area contributed by atoms with Gasteiger partial charge in [0.15, 0.2) is 0 Å². The van der Waals surface area contributed by atoms with Crippen molar-refractivity contribution >= 4 is 11.7 Å². The smallest absolute Gasteiger partial charge is 0.225 e. The van der Waals surface area contributed by atoms with E-state index in [-0.39, 0.29) is 5.91 Å². The highest BCUT2D eigenvalue weighted by atomic mass is 16.1. The lowest BCUT2D eigenvalue weighted by molar-refractivity contribution is -0.116. The van der Waals surface area contributed by atoms with Crippen molar-refractivity contribution in [2.45, 2.75) is 26.3 Å². The third kappa shape index (κ3) is 4.81.